The van der Waals surface area contributed by atoms with Crippen LogP contribution in [0.3, 0.4) is 0 Å². The summed E-state index contributed by atoms with van der Waals surface area (Å²) in [6, 6.07) is 9.38. The van der Waals surface area contributed by atoms with Crippen molar-refractivity contribution >= 4 is 11.6 Å². The number of hydrogen-bond acceptors (Lipinski definition) is 3. The summed E-state index contributed by atoms with van der Waals surface area (Å²) in [4.78, 5) is 4.28. The number of pyridine rings is 1. The van der Waals surface area contributed by atoms with Gasteiger partial charge in [-0.3, -0.25) is 4.98 Å². The Kier molecular flexibility index (Phi) is 4.18. The lowest BCUT2D eigenvalue weighted by molar-refractivity contribution is 0.298. The molecule has 1 aromatic carbocycles. The van der Waals surface area contributed by atoms with Gasteiger partial charge in [0.25, 0.3) is 0 Å². The molecule has 3 nitrogen and oxygen atoms in total. The fourth-order valence-corrected chi connectivity index (χ4v) is 1.93. The van der Waals surface area contributed by atoms with Crippen molar-refractivity contribution in [1.82, 2.24) is 4.98 Å². The molecule has 0 atom stereocenters. The van der Waals surface area contributed by atoms with E-state index >= 15 is 0 Å². The average molecular weight is 263 g/mol. The van der Waals surface area contributed by atoms with Crippen LogP contribution in [0.15, 0.2) is 36.5 Å². The number of nitrogens with zero attached hydrogens (tertiary/aromatic N) is 1. The van der Waals surface area contributed by atoms with Gasteiger partial charge < -0.3 is 10.5 Å². The van der Waals surface area contributed by atoms with E-state index in [2.05, 4.69) is 4.98 Å². The zero-order valence-corrected chi connectivity index (χ0v) is 10.9. The maximum atomic E-state index is 5.90. The van der Waals surface area contributed by atoms with Crippen molar-refractivity contribution in [1.29, 1.82) is 0 Å². The van der Waals surface area contributed by atoms with Gasteiger partial charge in [-0.25, -0.2) is 0 Å². The van der Waals surface area contributed by atoms with Crippen LogP contribution in [0.25, 0.3) is 0 Å². The van der Waals surface area contributed by atoms with Crippen LogP contribution in [0.4, 0.5) is 0 Å². The molecule has 18 heavy (non-hydrogen) atoms. The first-order valence-corrected chi connectivity index (χ1v) is 6.10. The SMILES string of the molecule is Cc1cc(Cl)ccc1OCc1ncccc1CN. The van der Waals surface area contributed by atoms with E-state index in [0.29, 0.717) is 18.2 Å². The highest BCUT2D eigenvalue weighted by atomic mass is 35.5. The highest BCUT2D eigenvalue weighted by Crippen LogP contribution is 2.22. The molecule has 0 amide bonds. The first kappa shape index (κ1) is 12.9. The van der Waals surface area contributed by atoms with Crippen molar-refractivity contribution in [2.45, 2.75) is 20.1 Å². The average Bonchev–Trinajstić information content (AvgIpc) is 2.38. The second-order valence-electron chi connectivity index (χ2n) is 4.01. The van der Waals surface area contributed by atoms with Crippen molar-refractivity contribution in [2.75, 3.05) is 0 Å². The van der Waals surface area contributed by atoms with Crippen molar-refractivity contribution in [3.63, 3.8) is 0 Å². The lowest BCUT2D eigenvalue weighted by Crippen LogP contribution is -2.07. The Balaban J connectivity index is 2.11. The van der Waals surface area contributed by atoms with Crippen molar-refractivity contribution < 1.29 is 4.74 Å². The Hall–Kier alpha value is -1.58. The molecule has 1 heterocycles. The second kappa shape index (κ2) is 5.85. The third kappa shape index (κ3) is 3.00. The fourth-order valence-electron chi connectivity index (χ4n) is 1.71. The predicted octanol–water partition coefficient (Wildman–Crippen LogP) is 3.08. The van der Waals surface area contributed by atoms with Crippen LogP contribution in [0.2, 0.25) is 5.02 Å². The van der Waals surface area contributed by atoms with Gasteiger partial charge in [-0.05, 0) is 42.3 Å². The maximum Gasteiger partial charge on any atom is 0.131 e. The molecule has 2 aromatic rings. The minimum absolute atomic E-state index is 0.413. The quantitative estimate of drug-likeness (QED) is 0.921. The van der Waals surface area contributed by atoms with E-state index in [1.807, 2.05) is 37.3 Å². The number of aromatic nitrogens is 1. The van der Waals surface area contributed by atoms with Gasteiger partial charge in [0.2, 0.25) is 0 Å². The lowest BCUT2D eigenvalue weighted by Gasteiger charge is -2.11. The van der Waals surface area contributed by atoms with E-state index in [1.165, 1.54) is 0 Å². The van der Waals surface area contributed by atoms with Crippen LogP contribution in [-0.2, 0) is 13.2 Å². The van der Waals surface area contributed by atoms with E-state index in [9.17, 15) is 0 Å². The summed E-state index contributed by atoms with van der Waals surface area (Å²) in [5.41, 5.74) is 8.54. The molecular formula is C14H15ClN2O. The van der Waals surface area contributed by atoms with E-state index in [4.69, 9.17) is 22.1 Å². The highest BCUT2D eigenvalue weighted by molar-refractivity contribution is 6.30. The summed E-state index contributed by atoms with van der Waals surface area (Å²) in [6.45, 7) is 2.84. The number of aryl methyl sites for hydroxylation is 1. The van der Waals surface area contributed by atoms with Crippen molar-refractivity contribution in [2.24, 2.45) is 5.73 Å². The Labute approximate surface area is 112 Å². The van der Waals surface area contributed by atoms with E-state index in [1.54, 1.807) is 6.20 Å². The van der Waals surface area contributed by atoms with Gasteiger partial charge in [0, 0.05) is 17.8 Å². The molecule has 0 aliphatic heterocycles. The molecule has 4 heteroatoms. The molecule has 0 saturated heterocycles. The van der Waals surface area contributed by atoms with Crippen LogP contribution in [-0.4, -0.2) is 4.98 Å². The smallest absolute Gasteiger partial charge is 0.131 e. The molecule has 0 fully saturated rings. The molecule has 1 aromatic heterocycles. The summed E-state index contributed by atoms with van der Waals surface area (Å²) in [5.74, 6) is 0.813. The molecule has 2 N–H and O–H groups in total. The number of ether oxygens (including phenoxy) is 1. The van der Waals surface area contributed by atoms with Gasteiger partial charge in [-0.1, -0.05) is 17.7 Å². The summed E-state index contributed by atoms with van der Waals surface area (Å²) >= 11 is 5.90. The van der Waals surface area contributed by atoms with E-state index in [-0.39, 0.29) is 0 Å². The molecule has 0 aliphatic carbocycles. The van der Waals surface area contributed by atoms with Crippen LogP contribution in [0.5, 0.6) is 5.75 Å². The van der Waals surface area contributed by atoms with Crippen LogP contribution < -0.4 is 10.5 Å². The Morgan fingerprint density at radius 2 is 2.17 bits per heavy atom. The van der Waals surface area contributed by atoms with Crippen molar-refractivity contribution in [3.05, 3.63) is 58.4 Å². The van der Waals surface area contributed by atoms with Gasteiger partial charge in [-0.15, -0.1) is 0 Å². The number of rotatable bonds is 4. The third-order valence-corrected chi connectivity index (χ3v) is 2.94. The molecule has 0 saturated carbocycles. The third-order valence-electron chi connectivity index (χ3n) is 2.71. The number of benzene rings is 1. The summed E-state index contributed by atoms with van der Waals surface area (Å²) in [5, 5.41) is 0.709. The van der Waals surface area contributed by atoms with E-state index in [0.717, 1.165) is 22.6 Å². The van der Waals surface area contributed by atoms with Crippen LogP contribution >= 0.6 is 11.6 Å². The van der Waals surface area contributed by atoms with E-state index < -0.39 is 0 Å². The minimum Gasteiger partial charge on any atom is -0.487 e. The standard InChI is InChI=1S/C14H15ClN2O/c1-10-7-12(15)4-5-14(10)18-9-13-11(8-16)3-2-6-17-13/h2-7H,8-9,16H2,1H3. The van der Waals surface area contributed by atoms with Gasteiger partial charge >= 0.3 is 0 Å². The normalized spacial score (nSPS) is 10.4. The molecule has 0 radical (unpaired) electrons. The van der Waals surface area contributed by atoms with Gasteiger partial charge in [0.1, 0.15) is 12.4 Å². The molecule has 94 valence electrons. The molecular weight excluding hydrogens is 248 g/mol. The fraction of sp³-hybridized carbons (Fsp3) is 0.214. The first-order valence-electron chi connectivity index (χ1n) is 5.72. The largest absolute Gasteiger partial charge is 0.487 e. The van der Waals surface area contributed by atoms with Crippen LogP contribution in [0, 0.1) is 6.92 Å². The van der Waals surface area contributed by atoms with Gasteiger partial charge in [0.05, 0.1) is 5.69 Å². The lowest BCUT2D eigenvalue weighted by atomic mass is 10.2. The second-order valence-corrected chi connectivity index (χ2v) is 4.45. The van der Waals surface area contributed by atoms with Gasteiger partial charge in [-0.2, -0.15) is 0 Å². The zero-order chi connectivity index (χ0) is 13.0. The summed E-state index contributed by atoms with van der Waals surface area (Å²) < 4.78 is 5.74. The molecule has 2 rings (SSSR count). The Morgan fingerprint density at radius 1 is 1.33 bits per heavy atom. The topological polar surface area (TPSA) is 48.1 Å². The number of hydrogen-bond donors (Lipinski definition) is 1. The Morgan fingerprint density at radius 3 is 2.89 bits per heavy atom. The number of nitrogens with two attached hydrogens (primary N) is 1. The molecule has 0 spiro atoms. The monoisotopic (exact) mass is 262 g/mol. The molecule has 0 unspecified atom stereocenters. The predicted molar refractivity (Wildman–Crippen MR) is 72.6 cm³/mol. The summed E-state index contributed by atoms with van der Waals surface area (Å²) in [7, 11) is 0. The van der Waals surface area contributed by atoms with Crippen LogP contribution in [0.1, 0.15) is 16.8 Å². The zero-order valence-electron chi connectivity index (χ0n) is 10.2. The number of halogens is 1. The highest BCUT2D eigenvalue weighted by Gasteiger charge is 2.05. The van der Waals surface area contributed by atoms with Crippen molar-refractivity contribution in [3.8, 4) is 5.75 Å². The summed E-state index contributed by atoms with van der Waals surface area (Å²) in [6.07, 6.45) is 1.74. The maximum absolute atomic E-state index is 5.90. The Bertz CT molecular complexity index is 543. The molecule has 0 aliphatic rings. The van der Waals surface area contributed by atoms with Gasteiger partial charge in [0.15, 0.2) is 0 Å². The first-order chi connectivity index (χ1) is 8.70. The minimum atomic E-state index is 0.413. The molecule has 0 bridgehead atoms.